The number of imidazole rings is 1. The minimum atomic E-state index is -0.106. The first-order valence-corrected chi connectivity index (χ1v) is 7.96. The Morgan fingerprint density at radius 1 is 1.33 bits per heavy atom. The van der Waals surface area contributed by atoms with Gasteiger partial charge >= 0.3 is 0 Å². The highest BCUT2D eigenvalue weighted by atomic mass is 16.5. The molecule has 3 aromatic rings. The maximum atomic E-state index is 12.3. The van der Waals surface area contributed by atoms with Crippen molar-refractivity contribution in [3.63, 3.8) is 0 Å². The fourth-order valence-corrected chi connectivity index (χ4v) is 3.14. The maximum absolute atomic E-state index is 12.3. The van der Waals surface area contributed by atoms with E-state index in [1.165, 1.54) is 0 Å². The van der Waals surface area contributed by atoms with Gasteiger partial charge in [-0.15, -0.1) is 0 Å². The van der Waals surface area contributed by atoms with Crippen LogP contribution < -0.4 is 5.32 Å². The zero-order chi connectivity index (χ0) is 16.5. The molecule has 0 bridgehead atoms. The lowest BCUT2D eigenvalue weighted by Crippen LogP contribution is -2.35. The first kappa shape index (κ1) is 14.8. The second-order valence-electron chi connectivity index (χ2n) is 5.96. The van der Waals surface area contributed by atoms with E-state index in [4.69, 9.17) is 9.72 Å². The Labute approximate surface area is 139 Å². The van der Waals surface area contributed by atoms with E-state index in [0.29, 0.717) is 25.3 Å². The van der Waals surface area contributed by atoms with Crippen molar-refractivity contribution < 1.29 is 9.53 Å². The van der Waals surface area contributed by atoms with Crippen molar-refractivity contribution in [2.24, 2.45) is 0 Å². The topological polar surface area (TPSA) is 69.0 Å². The normalized spacial score (nSPS) is 16.8. The summed E-state index contributed by atoms with van der Waals surface area (Å²) in [7, 11) is 0. The van der Waals surface area contributed by atoms with Crippen molar-refractivity contribution in [1.82, 2.24) is 19.9 Å². The Morgan fingerprint density at radius 2 is 2.17 bits per heavy atom. The molecule has 6 nitrogen and oxygen atoms in total. The van der Waals surface area contributed by atoms with E-state index in [1.54, 1.807) is 24.5 Å². The minimum Gasteiger partial charge on any atom is -0.371 e. The van der Waals surface area contributed by atoms with Crippen molar-refractivity contribution in [2.75, 3.05) is 13.2 Å². The molecule has 0 unspecified atom stereocenters. The summed E-state index contributed by atoms with van der Waals surface area (Å²) in [4.78, 5) is 20.9. The van der Waals surface area contributed by atoms with Crippen LogP contribution in [0.3, 0.4) is 0 Å². The number of aromatic nitrogens is 3. The second kappa shape index (κ2) is 6.05. The highest BCUT2D eigenvalue weighted by Gasteiger charge is 2.25. The monoisotopic (exact) mass is 322 g/mol. The number of carbonyl (C=O) groups excluding carboxylic acids is 1. The Balaban J connectivity index is 1.59. The molecular weight excluding hydrogens is 304 g/mol. The predicted molar refractivity (Wildman–Crippen MR) is 89.7 cm³/mol. The molecule has 1 aromatic carbocycles. The first-order valence-electron chi connectivity index (χ1n) is 7.96. The van der Waals surface area contributed by atoms with Crippen LogP contribution in [0.15, 0.2) is 42.7 Å². The minimum absolute atomic E-state index is 0.0336. The number of nitrogens with one attached hydrogen (secondary N) is 1. The average molecular weight is 322 g/mol. The number of benzene rings is 1. The van der Waals surface area contributed by atoms with Crippen molar-refractivity contribution in [1.29, 1.82) is 0 Å². The molecule has 6 heteroatoms. The third kappa shape index (κ3) is 2.55. The van der Waals surface area contributed by atoms with E-state index < -0.39 is 0 Å². The number of carbonyl (C=O) groups is 1. The van der Waals surface area contributed by atoms with Gasteiger partial charge in [0.25, 0.3) is 5.91 Å². The van der Waals surface area contributed by atoms with Gasteiger partial charge < -0.3 is 14.6 Å². The van der Waals surface area contributed by atoms with Crippen LogP contribution in [0.2, 0.25) is 0 Å². The van der Waals surface area contributed by atoms with Crippen LogP contribution in [0.25, 0.3) is 11.0 Å². The molecule has 0 fully saturated rings. The van der Waals surface area contributed by atoms with Gasteiger partial charge in [-0.2, -0.15) is 0 Å². The van der Waals surface area contributed by atoms with Crippen molar-refractivity contribution >= 4 is 16.9 Å². The van der Waals surface area contributed by atoms with E-state index in [1.807, 2.05) is 6.07 Å². The van der Waals surface area contributed by atoms with Gasteiger partial charge in [0.15, 0.2) is 0 Å². The van der Waals surface area contributed by atoms with Crippen molar-refractivity contribution in [3.8, 4) is 0 Å². The molecule has 0 aliphatic carbocycles. The lowest BCUT2D eigenvalue weighted by atomic mass is 10.2. The Morgan fingerprint density at radius 3 is 3.00 bits per heavy atom. The number of rotatable bonds is 3. The highest BCUT2D eigenvalue weighted by molar-refractivity contribution is 5.94. The molecule has 3 heterocycles. The molecule has 1 aliphatic heterocycles. The second-order valence-corrected chi connectivity index (χ2v) is 5.96. The molecule has 0 saturated heterocycles. The number of hydrogen-bond donors (Lipinski definition) is 1. The van der Waals surface area contributed by atoms with Crippen LogP contribution in [0.1, 0.15) is 27.8 Å². The molecule has 24 heavy (non-hydrogen) atoms. The zero-order valence-electron chi connectivity index (χ0n) is 13.4. The summed E-state index contributed by atoms with van der Waals surface area (Å²) < 4.78 is 7.86. The molecular formula is C18H18N4O2. The van der Waals surface area contributed by atoms with Gasteiger partial charge in [0, 0.05) is 24.5 Å². The molecule has 4 rings (SSSR count). The number of amides is 1. The number of para-hydroxylation sites is 1. The summed E-state index contributed by atoms with van der Waals surface area (Å²) in [6, 6.07) is 9.60. The maximum Gasteiger partial charge on any atom is 0.251 e. The quantitative estimate of drug-likeness (QED) is 0.803. The molecule has 122 valence electrons. The Bertz CT molecular complexity index is 889. The molecule has 0 spiro atoms. The van der Waals surface area contributed by atoms with Gasteiger partial charge in [-0.1, -0.05) is 12.1 Å². The number of pyridine rings is 1. The Hall–Kier alpha value is -2.73. The van der Waals surface area contributed by atoms with Gasteiger partial charge in [0.05, 0.1) is 23.7 Å². The number of hydrogen-bond acceptors (Lipinski definition) is 4. The molecule has 2 aromatic heterocycles. The predicted octanol–water partition coefficient (Wildman–Crippen LogP) is 2.24. The number of fused-ring (bicyclic) bond motifs is 3. The summed E-state index contributed by atoms with van der Waals surface area (Å²) >= 11 is 0. The van der Waals surface area contributed by atoms with Gasteiger partial charge in [0.2, 0.25) is 0 Å². The van der Waals surface area contributed by atoms with E-state index in [0.717, 1.165) is 22.4 Å². The fraction of sp³-hybridized carbons (Fsp3) is 0.278. The van der Waals surface area contributed by atoms with E-state index in [2.05, 4.69) is 33.9 Å². The van der Waals surface area contributed by atoms with Crippen molar-refractivity contribution in [2.45, 2.75) is 19.6 Å². The van der Waals surface area contributed by atoms with Crippen LogP contribution in [-0.4, -0.2) is 33.6 Å². The summed E-state index contributed by atoms with van der Waals surface area (Å²) in [5.41, 5.74) is 3.85. The van der Waals surface area contributed by atoms with Gasteiger partial charge in [0.1, 0.15) is 12.4 Å². The SMILES string of the molecule is Cc1cccc2c1nc1n2[C@@H](CNC(=O)c2ccncc2)COC1. The van der Waals surface area contributed by atoms with Crippen molar-refractivity contribution in [3.05, 3.63) is 59.7 Å². The number of nitrogens with zero attached hydrogens (tertiary/aromatic N) is 3. The van der Waals surface area contributed by atoms with E-state index >= 15 is 0 Å². The lowest BCUT2D eigenvalue weighted by molar-refractivity contribution is 0.0553. The summed E-state index contributed by atoms with van der Waals surface area (Å²) in [6.07, 6.45) is 3.23. The highest BCUT2D eigenvalue weighted by Crippen LogP contribution is 2.27. The zero-order valence-corrected chi connectivity index (χ0v) is 13.4. The van der Waals surface area contributed by atoms with Gasteiger partial charge in [-0.25, -0.2) is 4.98 Å². The first-order chi connectivity index (χ1) is 11.7. The number of ether oxygens (including phenoxy) is 1. The molecule has 1 amide bonds. The summed E-state index contributed by atoms with van der Waals surface area (Å²) in [5.74, 6) is 0.804. The fourth-order valence-electron chi connectivity index (χ4n) is 3.14. The number of aryl methyl sites for hydroxylation is 1. The average Bonchev–Trinajstić information content (AvgIpc) is 3.01. The van der Waals surface area contributed by atoms with Gasteiger partial charge in [-0.05, 0) is 30.7 Å². The molecule has 1 N–H and O–H groups in total. The van der Waals surface area contributed by atoms with Crippen LogP contribution in [0.5, 0.6) is 0 Å². The van der Waals surface area contributed by atoms with E-state index in [-0.39, 0.29) is 11.9 Å². The largest absolute Gasteiger partial charge is 0.371 e. The molecule has 0 saturated carbocycles. The molecule has 1 atom stereocenters. The molecule has 1 aliphatic rings. The smallest absolute Gasteiger partial charge is 0.251 e. The lowest BCUT2D eigenvalue weighted by Gasteiger charge is -2.26. The standard InChI is InChI=1S/C18H18N4O2/c1-12-3-2-4-15-17(12)21-16-11-24-10-14(22(15)16)9-20-18(23)13-5-7-19-8-6-13/h2-8,14H,9-11H2,1H3,(H,20,23)/t14-/m0/s1. The molecule has 0 radical (unpaired) electrons. The summed E-state index contributed by atoms with van der Waals surface area (Å²) in [6.45, 7) is 3.61. The third-order valence-corrected chi connectivity index (χ3v) is 4.34. The summed E-state index contributed by atoms with van der Waals surface area (Å²) in [5, 5.41) is 2.98. The van der Waals surface area contributed by atoms with E-state index in [9.17, 15) is 4.79 Å². The van der Waals surface area contributed by atoms with Crippen LogP contribution in [0.4, 0.5) is 0 Å². The van der Waals surface area contributed by atoms with Crippen LogP contribution in [0, 0.1) is 6.92 Å². The van der Waals surface area contributed by atoms with Crippen LogP contribution in [-0.2, 0) is 11.3 Å². The third-order valence-electron chi connectivity index (χ3n) is 4.34. The van der Waals surface area contributed by atoms with Crippen LogP contribution >= 0.6 is 0 Å². The Kier molecular flexibility index (Phi) is 3.74. The van der Waals surface area contributed by atoms with Gasteiger partial charge in [-0.3, -0.25) is 9.78 Å².